The van der Waals surface area contributed by atoms with Gasteiger partial charge in [-0.15, -0.1) is 0 Å². The van der Waals surface area contributed by atoms with E-state index in [0.29, 0.717) is 12.1 Å². The summed E-state index contributed by atoms with van der Waals surface area (Å²) in [6, 6.07) is 11.7. The number of hydroxylamine groups is 2. The first-order valence-corrected chi connectivity index (χ1v) is 8.30. The first-order chi connectivity index (χ1) is 10.7. The van der Waals surface area contributed by atoms with Crippen LogP contribution in [0.3, 0.4) is 0 Å². The molecule has 2 heterocycles. The number of amides is 1. The van der Waals surface area contributed by atoms with Crippen molar-refractivity contribution in [3.05, 3.63) is 35.9 Å². The third kappa shape index (κ3) is 3.18. The van der Waals surface area contributed by atoms with Gasteiger partial charge in [0.15, 0.2) is 0 Å². The maximum absolute atomic E-state index is 12.4. The topological polar surface area (TPSA) is 32.8 Å². The lowest BCUT2D eigenvalue weighted by molar-refractivity contribution is -0.177. The van der Waals surface area contributed by atoms with E-state index in [4.69, 9.17) is 4.84 Å². The van der Waals surface area contributed by atoms with E-state index < -0.39 is 0 Å². The minimum Gasteiger partial charge on any atom is -0.293 e. The standard InChI is InChI=1S/C18H26N2O2/c1-19(22-2)18(21)15-11-16-9-6-10-17(12-15)20(16)13-14-7-4-3-5-8-14/h3-5,7-8,15-17H,6,9-13H2,1-2H3. The molecule has 0 saturated carbocycles. The molecule has 2 bridgehead atoms. The summed E-state index contributed by atoms with van der Waals surface area (Å²) in [6.45, 7) is 1.01. The molecule has 2 atom stereocenters. The van der Waals surface area contributed by atoms with Gasteiger partial charge in [-0.05, 0) is 31.2 Å². The Labute approximate surface area is 133 Å². The van der Waals surface area contributed by atoms with Gasteiger partial charge >= 0.3 is 0 Å². The zero-order chi connectivity index (χ0) is 15.5. The summed E-state index contributed by atoms with van der Waals surface area (Å²) in [7, 11) is 3.28. The van der Waals surface area contributed by atoms with Crippen LogP contribution in [0.1, 0.15) is 37.7 Å². The number of hydrogen-bond acceptors (Lipinski definition) is 3. The lowest BCUT2D eigenvalue weighted by atomic mass is 9.77. The van der Waals surface area contributed by atoms with E-state index in [9.17, 15) is 4.79 Å². The van der Waals surface area contributed by atoms with Crippen LogP contribution in [0, 0.1) is 5.92 Å². The molecule has 2 aliphatic heterocycles. The normalized spacial score (nSPS) is 28.4. The van der Waals surface area contributed by atoms with Gasteiger partial charge in [0.1, 0.15) is 0 Å². The van der Waals surface area contributed by atoms with Gasteiger partial charge in [-0.25, -0.2) is 5.06 Å². The second-order valence-electron chi connectivity index (χ2n) is 6.58. The van der Waals surface area contributed by atoms with Crippen molar-refractivity contribution in [3.63, 3.8) is 0 Å². The van der Waals surface area contributed by atoms with E-state index in [-0.39, 0.29) is 11.8 Å². The van der Waals surface area contributed by atoms with Crippen LogP contribution in [-0.2, 0) is 16.2 Å². The summed E-state index contributed by atoms with van der Waals surface area (Å²) in [5.41, 5.74) is 1.37. The first-order valence-electron chi connectivity index (χ1n) is 8.30. The van der Waals surface area contributed by atoms with Crippen molar-refractivity contribution in [1.29, 1.82) is 0 Å². The second kappa shape index (κ2) is 6.80. The lowest BCUT2D eigenvalue weighted by Crippen LogP contribution is -2.53. The van der Waals surface area contributed by atoms with Gasteiger partial charge in [0.25, 0.3) is 0 Å². The van der Waals surface area contributed by atoms with Crippen molar-refractivity contribution in [2.24, 2.45) is 5.92 Å². The van der Waals surface area contributed by atoms with Crippen LogP contribution in [0.5, 0.6) is 0 Å². The maximum Gasteiger partial charge on any atom is 0.249 e. The highest BCUT2D eigenvalue weighted by molar-refractivity contribution is 5.77. The molecule has 2 aliphatic rings. The Morgan fingerprint density at radius 3 is 2.45 bits per heavy atom. The molecule has 2 unspecified atom stereocenters. The van der Waals surface area contributed by atoms with Crippen molar-refractivity contribution >= 4 is 5.91 Å². The number of carbonyl (C=O) groups excluding carboxylic acids is 1. The van der Waals surface area contributed by atoms with Crippen LogP contribution >= 0.6 is 0 Å². The number of fused-ring (bicyclic) bond motifs is 2. The molecule has 1 amide bonds. The zero-order valence-corrected chi connectivity index (χ0v) is 13.6. The molecule has 0 spiro atoms. The number of carbonyl (C=O) groups is 1. The lowest BCUT2D eigenvalue weighted by Gasteiger charge is -2.49. The number of benzene rings is 1. The van der Waals surface area contributed by atoms with Crippen LogP contribution in [0.15, 0.2) is 30.3 Å². The Bertz CT molecular complexity index is 491. The van der Waals surface area contributed by atoms with Crippen LogP contribution in [0.2, 0.25) is 0 Å². The van der Waals surface area contributed by atoms with Crippen molar-refractivity contribution < 1.29 is 9.63 Å². The SMILES string of the molecule is CON(C)C(=O)C1CC2CCCC(C1)N2Cc1ccccc1. The highest BCUT2D eigenvalue weighted by Gasteiger charge is 2.41. The van der Waals surface area contributed by atoms with E-state index >= 15 is 0 Å². The van der Waals surface area contributed by atoms with Gasteiger partial charge in [-0.3, -0.25) is 14.5 Å². The molecular formula is C18H26N2O2. The predicted molar refractivity (Wildman–Crippen MR) is 85.9 cm³/mol. The molecule has 2 fully saturated rings. The van der Waals surface area contributed by atoms with Gasteiger partial charge in [-0.2, -0.15) is 0 Å². The molecule has 1 aromatic carbocycles. The van der Waals surface area contributed by atoms with Crippen molar-refractivity contribution in [2.45, 2.75) is 50.7 Å². The fourth-order valence-electron chi connectivity index (χ4n) is 4.08. The van der Waals surface area contributed by atoms with Crippen LogP contribution in [0.25, 0.3) is 0 Å². The highest BCUT2D eigenvalue weighted by atomic mass is 16.7. The average molecular weight is 302 g/mol. The van der Waals surface area contributed by atoms with Gasteiger partial charge in [0, 0.05) is 31.6 Å². The number of rotatable bonds is 4. The summed E-state index contributed by atoms with van der Waals surface area (Å²) in [5, 5.41) is 1.40. The fourth-order valence-corrected chi connectivity index (χ4v) is 4.08. The van der Waals surface area contributed by atoms with Gasteiger partial charge in [0.05, 0.1) is 7.11 Å². The Balaban J connectivity index is 1.70. The Hall–Kier alpha value is -1.39. The molecule has 4 heteroatoms. The third-order valence-electron chi connectivity index (χ3n) is 5.27. The minimum absolute atomic E-state index is 0.118. The number of hydrogen-bond donors (Lipinski definition) is 0. The summed E-state index contributed by atoms with van der Waals surface area (Å²) < 4.78 is 0. The second-order valence-corrected chi connectivity index (χ2v) is 6.58. The van der Waals surface area contributed by atoms with Crippen molar-refractivity contribution in [2.75, 3.05) is 14.2 Å². The molecule has 4 nitrogen and oxygen atoms in total. The van der Waals surface area contributed by atoms with E-state index in [1.54, 1.807) is 14.2 Å². The fraction of sp³-hybridized carbons (Fsp3) is 0.611. The molecule has 0 aliphatic carbocycles. The molecule has 2 saturated heterocycles. The van der Waals surface area contributed by atoms with Gasteiger partial charge in [0.2, 0.25) is 5.91 Å². The number of nitrogens with zero attached hydrogens (tertiary/aromatic N) is 2. The molecule has 0 N–H and O–H groups in total. The van der Waals surface area contributed by atoms with Crippen LogP contribution < -0.4 is 0 Å². The summed E-state index contributed by atoms with van der Waals surface area (Å²) in [5.74, 6) is 0.256. The largest absolute Gasteiger partial charge is 0.293 e. The van der Waals surface area contributed by atoms with Crippen molar-refractivity contribution in [3.8, 4) is 0 Å². The third-order valence-corrected chi connectivity index (χ3v) is 5.27. The van der Waals surface area contributed by atoms with E-state index in [1.807, 2.05) is 0 Å². The molecule has 120 valence electrons. The van der Waals surface area contributed by atoms with E-state index in [0.717, 1.165) is 19.4 Å². The van der Waals surface area contributed by atoms with Gasteiger partial charge in [-0.1, -0.05) is 36.8 Å². The Kier molecular flexibility index (Phi) is 4.79. The van der Waals surface area contributed by atoms with Crippen LogP contribution in [0.4, 0.5) is 0 Å². The Morgan fingerprint density at radius 1 is 1.23 bits per heavy atom. The van der Waals surface area contributed by atoms with Crippen LogP contribution in [-0.4, -0.2) is 42.1 Å². The van der Waals surface area contributed by atoms with E-state index in [2.05, 4.69) is 35.2 Å². The number of piperidine rings is 2. The summed E-state index contributed by atoms with van der Waals surface area (Å²) in [4.78, 5) is 20.1. The molecule has 0 radical (unpaired) electrons. The Morgan fingerprint density at radius 2 is 1.86 bits per heavy atom. The van der Waals surface area contributed by atoms with E-state index in [1.165, 1.54) is 29.9 Å². The smallest absolute Gasteiger partial charge is 0.249 e. The molecule has 1 aromatic rings. The molecule has 3 rings (SSSR count). The zero-order valence-electron chi connectivity index (χ0n) is 13.6. The monoisotopic (exact) mass is 302 g/mol. The summed E-state index contributed by atoms with van der Waals surface area (Å²) >= 11 is 0. The van der Waals surface area contributed by atoms with Crippen molar-refractivity contribution in [1.82, 2.24) is 9.96 Å². The quantitative estimate of drug-likeness (QED) is 0.802. The van der Waals surface area contributed by atoms with Gasteiger partial charge < -0.3 is 0 Å². The first kappa shape index (κ1) is 15.5. The average Bonchev–Trinajstić information content (AvgIpc) is 2.54. The molecule has 22 heavy (non-hydrogen) atoms. The maximum atomic E-state index is 12.4. The highest BCUT2D eigenvalue weighted by Crippen LogP contribution is 2.38. The summed E-state index contributed by atoms with van der Waals surface area (Å²) in [6.07, 6.45) is 5.65. The predicted octanol–water partition coefficient (Wildman–Crippen LogP) is 2.84. The molecule has 0 aromatic heterocycles. The minimum atomic E-state index is 0.118. The molecular weight excluding hydrogens is 276 g/mol.